The van der Waals surface area contributed by atoms with Crippen molar-refractivity contribution >= 4 is 11.8 Å². The van der Waals surface area contributed by atoms with Crippen molar-refractivity contribution in [3.8, 4) is 0 Å². The van der Waals surface area contributed by atoms with Gasteiger partial charge < -0.3 is 0 Å². The van der Waals surface area contributed by atoms with Gasteiger partial charge in [-0.2, -0.15) is 0 Å². The Kier molecular flexibility index (Phi) is 4.59. The molecule has 0 saturated heterocycles. The van der Waals surface area contributed by atoms with E-state index in [2.05, 4.69) is 77.6 Å². The maximum atomic E-state index is 4.59. The summed E-state index contributed by atoms with van der Waals surface area (Å²) in [6.45, 7) is 4.26. The van der Waals surface area contributed by atoms with Crippen molar-refractivity contribution in [3.05, 3.63) is 76.6 Å². The summed E-state index contributed by atoms with van der Waals surface area (Å²) in [6, 6.07) is 16.8. The van der Waals surface area contributed by atoms with Gasteiger partial charge in [0.15, 0.2) is 0 Å². The zero-order chi connectivity index (χ0) is 15.4. The second-order valence-corrected chi connectivity index (χ2v) is 6.33. The van der Waals surface area contributed by atoms with E-state index in [0.29, 0.717) is 0 Å². The SMILES string of the molecule is Cc1ccccc1CSc1n[nH]c(Cc2ccccc2C)n1. The Morgan fingerprint density at radius 3 is 2.23 bits per heavy atom. The molecular formula is C18H19N3S. The van der Waals surface area contributed by atoms with Crippen molar-refractivity contribution in [3.63, 3.8) is 0 Å². The number of rotatable bonds is 5. The maximum absolute atomic E-state index is 4.59. The van der Waals surface area contributed by atoms with Gasteiger partial charge in [-0.25, -0.2) is 4.98 Å². The van der Waals surface area contributed by atoms with E-state index in [4.69, 9.17) is 0 Å². The minimum absolute atomic E-state index is 0.796. The summed E-state index contributed by atoms with van der Waals surface area (Å²) >= 11 is 1.67. The second kappa shape index (κ2) is 6.79. The van der Waals surface area contributed by atoms with Crippen LogP contribution in [0.1, 0.15) is 28.1 Å². The minimum atomic E-state index is 0.796. The number of H-pyrrole nitrogens is 1. The summed E-state index contributed by atoms with van der Waals surface area (Å²) in [5.74, 6) is 1.82. The summed E-state index contributed by atoms with van der Waals surface area (Å²) < 4.78 is 0. The van der Waals surface area contributed by atoms with Gasteiger partial charge in [0.25, 0.3) is 0 Å². The van der Waals surface area contributed by atoms with Gasteiger partial charge in [-0.1, -0.05) is 60.3 Å². The average Bonchev–Trinajstić information content (AvgIpc) is 2.96. The van der Waals surface area contributed by atoms with Crippen LogP contribution in [0.15, 0.2) is 53.7 Å². The van der Waals surface area contributed by atoms with Crippen LogP contribution in [0.4, 0.5) is 0 Å². The van der Waals surface area contributed by atoms with Gasteiger partial charge in [0.2, 0.25) is 5.16 Å². The summed E-state index contributed by atoms with van der Waals surface area (Å²) in [4.78, 5) is 4.59. The van der Waals surface area contributed by atoms with Gasteiger partial charge in [0, 0.05) is 12.2 Å². The van der Waals surface area contributed by atoms with Crippen LogP contribution in [-0.2, 0) is 12.2 Å². The molecule has 0 saturated carbocycles. The first-order chi connectivity index (χ1) is 10.7. The number of aryl methyl sites for hydroxylation is 2. The first kappa shape index (κ1) is 14.9. The molecule has 0 aliphatic carbocycles. The molecule has 0 amide bonds. The lowest BCUT2D eigenvalue weighted by Crippen LogP contribution is -1.93. The van der Waals surface area contributed by atoms with Gasteiger partial charge in [-0.3, -0.25) is 5.10 Å². The van der Waals surface area contributed by atoms with Crippen molar-refractivity contribution in [1.82, 2.24) is 15.2 Å². The molecule has 4 heteroatoms. The lowest BCUT2D eigenvalue weighted by molar-refractivity contribution is 0.953. The lowest BCUT2D eigenvalue weighted by atomic mass is 10.1. The zero-order valence-corrected chi connectivity index (χ0v) is 13.7. The molecule has 1 heterocycles. The van der Waals surface area contributed by atoms with Gasteiger partial charge >= 0.3 is 0 Å². The third kappa shape index (κ3) is 3.57. The van der Waals surface area contributed by atoms with Crippen molar-refractivity contribution in [2.45, 2.75) is 31.2 Å². The molecule has 0 bridgehead atoms. The van der Waals surface area contributed by atoms with Crippen molar-refractivity contribution in [1.29, 1.82) is 0 Å². The quantitative estimate of drug-likeness (QED) is 0.714. The molecule has 0 spiro atoms. The van der Waals surface area contributed by atoms with Crippen LogP contribution in [0.2, 0.25) is 0 Å². The number of nitrogens with zero attached hydrogens (tertiary/aromatic N) is 2. The highest BCUT2D eigenvalue weighted by molar-refractivity contribution is 7.98. The molecule has 0 fully saturated rings. The minimum Gasteiger partial charge on any atom is -0.262 e. The van der Waals surface area contributed by atoms with E-state index in [9.17, 15) is 0 Å². The van der Waals surface area contributed by atoms with Crippen molar-refractivity contribution in [2.75, 3.05) is 0 Å². The molecule has 0 unspecified atom stereocenters. The van der Waals surface area contributed by atoms with Crippen LogP contribution in [0.25, 0.3) is 0 Å². The fourth-order valence-electron chi connectivity index (χ4n) is 2.32. The van der Waals surface area contributed by atoms with E-state index in [1.165, 1.54) is 22.3 Å². The summed E-state index contributed by atoms with van der Waals surface area (Å²) in [5.41, 5.74) is 5.21. The van der Waals surface area contributed by atoms with Crippen LogP contribution in [0.5, 0.6) is 0 Å². The third-order valence-electron chi connectivity index (χ3n) is 3.75. The summed E-state index contributed by atoms with van der Waals surface area (Å²) in [7, 11) is 0. The van der Waals surface area contributed by atoms with E-state index in [0.717, 1.165) is 23.2 Å². The lowest BCUT2D eigenvalue weighted by Gasteiger charge is -2.02. The standard InChI is InChI=1S/C18H19N3S/c1-13-7-3-5-9-15(13)11-17-19-18(21-20-17)22-12-16-10-6-4-8-14(16)2/h3-10H,11-12H2,1-2H3,(H,19,20,21). The largest absolute Gasteiger partial charge is 0.262 e. The van der Waals surface area contributed by atoms with Crippen LogP contribution in [0.3, 0.4) is 0 Å². The maximum Gasteiger partial charge on any atom is 0.208 e. The molecule has 112 valence electrons. The number of benzene rings is 2. The second-order valence-electron chi connectivity index (χ2n) is 5.38. The third-order valence-corrected chi connectivity index (χ3v) is 4.64. The number of aromatic amines is 1. The molecule has 1 N–H and O–H groups in total. The molecule has 3 nitrogen and oxygen atoms in total. The number of hydrogen-bond donors (Lipinski definition) is 1. The van der Waals surface area contributed by atoms with Gasteiger partial charge in [0.1, 0.15) is 5.82 Å². The Morgan fingerprint density at radius 1 is 0.909 bits per heavy atom. The van der Waals surface area contributed by atoms with Crippen LogP contribution < -0.4 is 0 Å². The first-order valence-corrected chi connectivity index (χ1v) is 8.34. The zero-order valence-electron chi connectivity index (χ0n) is 12.8. The van der Waals surface area contributed by atoms with Crippen molar-refractivity contribution in [2.24, 2.45) is 0 Å². The monoisotopic (exact) mass is 309 g/mol. The smallest absolute Gasteiger partial charge is 0.208 e. The van der Waals surface area contributed by atoms with Crippen LogP contribution in [0, 0.1) is 13.8 Å². The van der Waals surface area contributed by atoms with Gasteiger partial charge in [-0.15, -0.1) is 5.10 Å². The number of aromatic nitrogens is 3. The van der Waals surface area contributed by atoms with Gasteiger partial charge in [0.05, 0.1) is 0 Å². The molecule has 22 heavy (non-hydrogen) atoms. The molecular weight excluding hydrogens is 290 g/mol. The van der Waals surface area contributed by atoms with E-state index < -0.39 is 0 Å². The van der Waals surface area contributed by atoms with E-state index in [-0.39, 0.29) is 0 Å². The van der Waals surface area contributed by atoms with Crippen LogP contribution in [-0.4, -0.2) is 15.2 Å². The van der Waals surface area contributed by atoms with Crippen LogP contribution >= 0.6 is 11.8 Å². The molecule has 0 aliphatic rings. The fraction of sp³-hybridized carbons (Fsp3) is 0.222. The average molecular weight is 309 g/mol. The Labute approximate surface area is 135 Å². The Hall–Kier alpha value is -2.07. The highest BCUT2D eigenvalue weighted by atomic mass is 32.2. The number of thioether (sulfide) groups is 1. The molecule has 0 radical (unpaired) electrons. The van der Waals surface area contributed by atoms with E-state index in [1.54, 1.807) is 11.8 Å². The number of nitrogens with one attached hydrogen (secondary N) is 1. The molecule has 3 aromatic rings. The highest BCUT2D eigenvalue weighted by Gasteiger charge is 2.07. The van der Waals surface area contributed by atoms with E-state index >= 15 is 0 Å². The first-order valence-electron chi connectivity index (χ1n) is 7.35. The molecule has 0 atom stereocenters. The molecule has 3 rings (SSSR count). The Bertz CT molecular complexity index is 764. The predicted molar refractivity (Wildman–Crippen MR) is 91.1 cm³/mol. The van der Waals surface area contributed by atoms with E-state index in [1.807, 2.05) is 0 Å². The predicted octanol–water partition coefficient (Wildman–Crippen LogP) is 4.30. The number of hydrogen-bond acceptors (Lipinski definition) is 3. The molecule has 0 aliphatic heterocycles. The fourth-order valence-corrected chi connectivity index (χ4v) is 3.22. The summed E-state index contributed by atoms with van der Waals surface area (Å²) in [5, 5.41) is 8.18. The molecule has 1 aromatic heterocycles. The topological polar surface area (TPSA) is 41.6 Å². The van der Waals surface area contributed by atoms with Gasteiger partial charge in [-0.05, 0) is 36.1 Å². The highest BCUT2D eigenvalue weighted by Crippen LogP contribution is 2.21. The Balaban J connectivity index is 1.64. The summed E-state index contributed by atoms with van der Waals surface area (Å²) in [6.07, 6.45) is 0.796. The Morgan fingerprint density at radius 2 is 1.55 bits per heavy atom. The van der Waals surface area contributed by atoms with Crippen molar-refractivity contribution < 1.29 is 0 Å². The molecule has 2 aromatic carbocycles. The normalized spacial score (nSPS) is 10.8.